The van der Waals surface area contributed by atoms with E-state index in [-0.39, 0.29) is 5.57 Å². The summed E-state index contributed by atoms with van der Waals surface area (Å²) in [4.78, 5) is 0. The summed E-state index contributed by atoms with van der Waals surface area (Å²) in [5.41, 5.74) is -0.672. The van der Waals surface area contributed by atoms with Crippen molar-refractivity contribution in [1.82, 2.24) is 0 Å². The van der Waals surface area contributed by atoms with E-state index < -0.39 is 11.7 Å². The summed E-state index contributed by atoms with van der Waals surface area (Å²) in [6, 6.07) is 0. The van der Waals surface area contributed by atoms with Gasteiger partial charge in [0, 0.05) is 6.21 Å². The first-order valence-corrected chi connectivity index (χ1v) is 4.55. The van der Waals surface area contributed by atoms with Crippen molar-refractivity contribution < 1.29 is 13.2 Å². The first kappa shape index (κ1) is 13.7. The fourth-order valence-corrected chi connectivity index (χ4v) is 0.965. The van der Waals surface area contributed by atoms with E-state index in [0.717, 1.165) is 18.4 Å². The van der Waals surface area contributed by atoms with Crippen LogP contribution in [0.2, 0.25) is 0 Å². The predicted octanol–water partition coefficient (Wildman–Crippen LogP) is 4.04. The van der Waals surface area contributed by atoms with Crippen LogP contribution in [0.5, 0.6) is 0 Å². The van der Waals surface area contributed by atoms with Gasteiger partial charge in [0.25, 0.3) is 0 Å². The third-order valence-electron chi connectivity index (χ3n) is 1.70. The van der Waals surface area contributed by atoms with E-state index in [4.69, 9.17) is 5.41 Å². The van der Waals surface area contributed by atoms with Crippen LogP contribution in [0.4, 0.5) is 13.2 Å². The zero-order valence-electron chi connectivity index (χ0n) is 8.73. The third kappa shape index (κ3) is 5.20. The zero-order valence-corrected chi connectivity index (χ0v) is 8.73. The minimum Gasteiger partial charge on any atom is -0.309 e. The van der Waals surface area contributed by atoms with Crippen LogP contribution < -0.4 is 0 Å². The van der Waals surface area contributed by atoms with Crippen molar-refractivity contribution in [3.63, 3.8) is 0 Å². The van der Waals surface area contributed by atoms with Crippen molar-refractivity contribution in [2.24, 2.45) is 0 Å². The standard InChI is InChI=1S/C11H14F3N/c1-3-4-5-6-10(11(12,13)14)9(2)7-8-15/h4-8,15H,3H2,1-2H3/b5-4-,9-7+,10-6+,15-8?. The average molecular weight is 217 g/mol. The van der Waals surface area contributed by atoms with Gasteiger partial charge in [-0.3, -0.25) is 0 Å². The Morgan fingerprint density at radius 2 is 1.87 bits per heavy atom. The highest BCUT2D eigenvalue weighted by Gasteiger charge is 2.33. The first-order chi connectivity index (χ1) is 6.93. The molecule has 0 aromatic carbocycles. The molecule has 15 heavy (non-hydrogen) atoms. The second-order valence-electron chi connectivity index (χ2n) is 2.93. The van der Waals surface area contributed by atoms with E-state index in [1.54, 1.807) is 6.08 Å². The van der Waals surface area contributed by atoms with Crippen LogP contribution in [-0.2, 0) is 0 Å². The summed E-state index contributed by atoms with van der Waals surface area (Å²) in [6.45, 7) is 3.18. The van der Waals surface area contributed by atoms with Crippen molar-refractivity contribution in [2.75, 3.05) is 0 Å². The van der Waals surface area contributed by atoms with E-state index in [9.17, 15) is 13.2 Å². The molecule has 0 unspecified atom stereocenters. The minimum atomic E-state index is -4.37. The Hall–Kier alpha value is -1.32. The van der Waals surface area contributed by atoms with Gasteiger partial charge in [-0.05, 0) is 25.0 Å². The molecule has 84 valence electrons. The van der Waals surface area contributed by atoms with Crippen LogP contribution in [0.25, 0.3) is 0 Å². The SMILES string of the molecule is CC\C=C/C=C(\C(C)=C\C=N)C(F)(F)F. The Bertz CT molecular complexity index is 295. The molecule has 0 amide bonds. The van der Waals surface area contributed by atoms with Gasteiger partial charge in [-0.15, -0.1) is 0 Å². The highest BCUT2D eigenvalue weighted by atomic mass is 19.4. The second-order valence-corrected chi connectivity index (χ2v) is 2.93. The molecular weight excluding hydrogens is 203 g/mol. The molecule has 0 spiro atoms. The van der Waals surface area contributed by atoms with Gasteiger partial charge in [0.05, 0.1) is 5.57 Å². The van der Waals surface area contributed by atoms with Crippen LogP contribution in [0.3, 0.4) is 0 Å². The number of hydrogen-bond donors (Lipinski definition) is 1. The normalized spacial score (nSPS) is 14.7. The Kier molecular flexibility index (Phi) is 5.67. The molecular formula is C11H14F3N. The van der Waals surface area contributed by atoms with E-state index >= 15 is 0 Å². The lowest BCUT2D eigenvalue weighted by Crippen LogP contribution is -2.12. The molecule has 0 saturated heterocycles. The molecule has 0 aliphatic heterocycles. The number of rotatable bonds is 4. The van der Waals surface area contributed by atoms with Crippen molar-refractivity contribution >= 4 is 6.21 Å². The molecule has 0 heterocycles. The maximum Gasteiger partial charge on any atom is 0.416 e. The number of allylic oxidation sites excluding steroid dienone is 6. The van der Waals surface area contributed by atoms with Crippen molar-refractivity contribution in [2.45, 2.75) is 26.4 Å². The topological polar surface area (TPSA) is 23.9 Å². The van der Waals surface area contributed by atoms with Gasteiger partial charge in [0.2, 0.25) is 0 Å². The lowest BCUT2D eigenvalue weighted by molar-refractivity contribution is -0.0892. The van der Waals surface area contributed by atoms with Gasteiger partial charge in [-0.25, -0.2) is 0 Å². The Labute approximate surface area is 87.5 Å². The van der Waals surface area contributed by atoms with Crippen LogP contribution >= 0.6 is 0 Å². The van der Waals surface area contributed by atoms with Crippen LogP contribution in [-0.4, -0.2) is 12.4 Å². The number of alkyl halides is 3. The Morgan fingerprint density at radius 3 is 2.27 bits per heavy atom. The maximum atomic E-state index is 12.5. The molecule has 0 aromatic heterocycles. The molecule has 0 atom stereocenters. The molecule has 0 fully saturated rings. The molecule has 0 radical (unpaired) electrons. The summed E-state index contributed by atoms with van der Waals surface area (Å²) in [5.74, 6) is 0. The maximum absolute atomic E-state index is 12.5. The lowest BCUT2D eigenvalue weighted by Gasteiger charge is -2.10. The van der Waals surface area contributed by atoms with Gasteiger partial charge in [0.1, 0.15) is 0 Å². The van der Waals surface area contributed by atoms with Gasteiger partial charge in [-0.1, -0.05) is 25.2 Å². The quantitative estimate of drug-likeness (QED) is 0.543. The number of nitrogens with one attached hydrogen (secondary N) is 1. The molecule has 0 saturated carbocycles. The van der Waals surface area contributed by atoms with Gasteiger partial charge >= 0.3 is 6.18 Å². The van der Waals surface area contributed by atoms with Crippen LogP contribution in [0.1, 0.15) is 20.3 Å². The summed E-state index contributed by atoms with van der Waals surface area (Å²) in [5, 5.41) is 6.73. The summed E-state index contributed by atoms with van der Waals surface area (Å²) in [6.07, 6.45) is 2.33. The molecule has 0 rings (SSSR count). The molecule has 1 N–H and O–H groups in total. The second kappa shape index (κ2) is 6.22. The molecule has 0 aliphatic rings. The summed E-state index contributed by atoms with van der Waals surface area (Å²) in [7, 11) is 0. The fourth-order valence-electron chi connectivity index (χ4n) is 0.965. The van der Waals surface area contributed by atoms with Gasteiger partial charge in [0.15, 0.2) is 0 Å². The summed E-state index contributed by atoms with van der Waals surface area (Å²) >= 11 is 0. The Balaban J connectivity index is 5.07. The van der Waals surface area contributed by atoms with Gasteiger partial charge in [-0.2, -0.15) is 13.2 Å². The molecule has 0 aromatic rings. The monoisotopic (exact) mass is 217 g/mol. The highest BCUT2D eigenvalue weighted by Crippen LogP contribution is 2.30. The van der Waals surface area contributed by atoms with Crippen molar-refractivity contribution in [3.05, 3.63) is 35.5 Å². The predicted molar refractivity (Wildman–Crippen MR) is 56.1 cm³/mol. The van der Waals surface area contributed by atoms with Crippen molar-refractivity contribution in [3.8, 4) is 0 Å². The zero-order chi connectivity index (χ0) is 11.9. The fraction of sp³-hybridized carbons (Fsp3) is 0.364. The van der Waals surface area contributed by atoms with Crippen LogP contribution in [0.15, 0.2) is 35.5 Å². The highest BCUT2D eigenvalue weighted by molar-refractivity contribution is 5.70. The minimum absolute atomic E-state index is 0.0400. The number of hydrogen-bond acceptors (Lipinski definition) is 1. The number of halogens is 3. The van der Waals surface area contributed by atoms with E-state index in [1.807, 2.05) is 6.92 Å². The molecule has 0 aliphatic carbocycles. The largest absolute Gasteiger partial charge is 0.416 e. The third-order valence-corrected chi connectivity index (χ3v) is 1.70. The Morgan fingerprint density at radius 1 is 1.27 bits per heavy atom. The summed E-state index contributed by atoms with van der Waals surface area (Å²) < 4.78 is 37.5. The van der Waals surface area contributed by atoms with E-state index in [1.165, 1.54) is 13.0 Å². The molecule has 1 nitrogen and oxygen atoms in total. The van der Waals surface area contributed by atoms with Gasteiger partial charge < -0.3 is 5.41 Å². The smallest absolute Gasteiger partial charge is 0.309 e. The van der Waals surface area contributed by atoms with E-state index in [2.05, 4.69) is 0 Å². The molecule has 4 heteroatoms. The first-order valence-electron chi connectivity index (χ1n) is 4.55. The lowest BCUT2D eigenvalue weighted by atomic mass is 10.1. The van der Waals surface area contributed by atoms with Crippen LogP contribution in [0, 0.1) is 5.41 Å². The van der Waals surface area contributed by atoms with E-state index in [0.29, 0.717) is 6.42 Å². The average Bonchev–Trinajstić information content (AvgIpc) is 2.10. The molecule has 0 bridgehead atoms. The van der Waals surface area contributed by atoms with Crippen molar-refractivity contribution in [1.29, 1.82) is 5.41 Å².